The number of amides is 1. The van der Waals surface area contributed by atoms with Gasteiger partial charge in [-0.3, -0.25) is 4.79 Å². The number of carbonyl (C=O) groups is 1. The van der Waals surface area contributed by atoms with E-state index in [9.17, 15) is 4.79 Å². The molecule has 3 aromatic rings. The summed E-state index contributed by atoms with van der Waals surface area (Å²) in [6, 6.07) is 13.6. The highest BCUT2D eigenvalue weighted by Crippen LogP contribution is 2.31. The standard InChI is InChI=1S/C18H14Cl2N6OS/c1-10(17(27)23-13-5-2-11(9-21)3-6-13)28-18-25-24-16(26(18)22)14-7-4-12(19)8-15(14)20/h2-8,10H,22H2,1H3,(H,23,27). The minimum atomic E-state index is -0.490. The Morgan fingerprint density at radius 3 is 2.61 bits per heavy atom. The third kappa shape index (κ3) is 4.39. The molecule has 1 heterocycles. The van der Waals surface area contributed by atoms with Crippen LogP contribution in [0.3, 0.4) is 0 Å². The van der Waals surface area contributed by atoms with Crippen LogP contribution in [-0.2, 0) is 4.79 Å². The van der Waals surface area contributed by atoms with Crippen LogP contribution in [0.4, 0.5) is 5.69 Å². The van der Waals surface area contributed by atoms with Crippen molar-refractivity contribution < 1.29 is 4.79 Å². The Labute approximate surface area is 175 Å². The van der Waals surface area contributed by atoms with Crippen LogP contribution in [0.15, 0.2) is 47.6 Å². The fourth-order valence-corrected chi connectivity index (χ4v) is 3.56. The zero-order valence-electron chi connectivity index (χ0n) is 14.6. The minimum absolute atomic E-state index is 0.233. The summed E-state index contributed by atoms with van der Waals surface area (Å²) in [5.41, 5.74) is 1.70. The van der Waals surface area contributed by atoms with Crippen molar-refractivity contribution in [2.75, 3.05) is 11.2 Å². The van der Waals surface area contributed by atoms with Crippen LogP contribution in [0.25, 0.3) is 11.4 Å². The molecule has 0 bridgehead atoms. The molecule has 2 aromatic carbocycles. The largest absolute Gasteiger partial charge is 0.335 e. The molecule has 1 aromatic heterocycles. The lowest BCUT2D eigenvalue weighted by Crippen LogP contribution is -2.23. The highest BCUT2D eigenvalue weighted by atomic mass is 35.5. The average molecular weight is 433 g/mol. The Kier molecular flexibility index (Phi) is 6.09. The first-order chi connectivity index (χ1) is 13.4. The Morgan fingerprint density at radius 2 is 1.96 bits per heavy atom. The first kappa shape index (κ1) is 20.0. The highest BCUT2D eigenvalue weighted by molar-refractivity contribution is 8.00. The number of nitrogens with two attached hydrogens (primary N) is 1. The lowest BCUT2D eigenvalue weighted by atomic mass is 10.2. The molecule has 0 saturated carbocycles. The molecule has 28 heavy (non-hydrogen) atoms. The molecular formula is C18H14Cl2N6OS. The number of hydrogen-bond acceptors (Lipinski definition) is 6. The van der Waals surface area contributed by atoms with E-state index < -0.39 is 5.25 Å². The summed E-state index contributed by atoms with van der Waals surface area (Å²) in [7, 11) is 0. The Morgan fingerprint density at radius 1 is 1.25 bits per heavy atom. The smallest absolute Gasteiger partial charge is 0.237 e. The van der Waals surface area contributed by atoms with Gasteiger partial charge in [0.1, 0.15) is 0 Å². The molecule has 1 atom stereocenters. The van der Waals surface area contributed by atoms with Gasteiger partial charge in [-0.15, -0.1) is 10.2 Å². The maximum Gasteiger partial charge on any atom is 0.237 e. The van der Waals surface area contributed by atoms with Gasteiger partial charge in [-0.05, 0) is 49.4 Å². The molecule has 0 aliphatic rings. The predicted octanol–water partition coefficient (Wildman–Crippen LogP) is 3.96. The van der Waals surface area contributed by atoms with Crippen molar-refractivity contribution >= 4 is 46.6 Å². The lowest BCUT2D eigenvalue weighted by Gasteiger charge is -2.12. The van der Waals surface area contributed by atoms with E-state index in [0.29, 0.717) is 37.8 Å². The summed E-state index contributed by atoms with van der Waals surface area (Å²) in [5.74, 6) is 6.22. The molecule has 10 heteroatoms. The highest BCUT2D eigenvalue weighted by Gasteiger charge is 2.21. The summed E-state index contributed by atoms with van der Waals surface area (Å²) >= 11 is 13.3. The fourth-order valence-electron chi connectivity index (χ4n) is 2.30. The number of nitrogens with one attached hydrogen (secondary N) is 1. The predicted molar refractivity (Wildman–Crippen MR) is 111 cm³/mol. The van der Waals surface area contributed by atoms with Crippen molar-refractivity contribution in [3.8, 4) is 17.5 Å². The number of carbonyl (C=O) groups excluding carboxylic acids is 1. The second kappa shape index (κ2) is 8.52. The topological polar surface area (TPSA) is 110 Å². The number of rotatable bonds is 5. The lowest BCUT2D eigenvalue weighted by molar-refractivity contribution is -0.115. The maximum atomic E-state index is 12.4. The number of halogens is 2. The fraction of sp³-hybridized carbons (Fsp3) is 0.111. The first-order valence-electron chi connectivity index (χ1n) is 8.02. The number of thioether (sulfide) groups is 1. The Balaban J connectivity index is 1.71. The number of nitriles is 1. The van der Waals surface area contributed by atoms with Crippen LogP contribution in [0, 0.1) is 11.3 Å². The number of benzene rings is 2. The molecule has 1 unspecified atom stereocenters. The summed E-state index contributed by atoms with van der Waals surface area (Å²) in [6.45, 7) is 1.73. The van der Waals surface area contributed by atoms with Crippen molar-refractivity contribution in [2.45, 2.75) is 17.3 Å². The van der Waals surface area contributed by atoms with Crippen molar-refractivity contribution in [3.05, 3.63) is 58.1 Å². The Bertz CT molecular complexity index is 1060. The Hall–Kier alpha value is -2.73. The molecular weight excluding hydrogens is 419 g/mol. The summed E-state index contributed by atoms with van der Waals surface area (Å²) in [4.78, 5) is 12.4. The molecule has 3 rings (SSSR count). The molecule has 142 valence electrons. The van der Waals surface area contributed by atoms with Gasteiger partial charge in [0.2, 0.25) is 11.1 Å². The zero-order chi connectivity index (χ0) is 20.3. The van der Waals surface area contributed by atoms with Gasteiger partial charge < -0.3 is 11.2 Å². The molecule has 0 radical (unpaired) electrons. The second-order valence-electron chi connectivity index (χ2n) is 5.74. The normalized spacial score (nSPS) is 11.6. The van der Waals surface area contributed by atoms with E-state index in [1.165, 1.54) is 4.68 Å². The van der Waals surface area contributed by atoms with Gasteiger partial charge in [0.15, 0.2) is 5.82 Å². The monoisotopic (exact) mass is 432 g/mol. The number of nitrogens with zero attached hydrogens (tertiary/aromatic N) is 4. The van der Waals surface area contributed by atoms with Gasteiger partial charge in [-0.1, -0.05) is 35.0 Å². The first-order valence-corrected chi connectivity index (χ1v) is 9.66. The molecule has 0 saturated heterocycles. The molecule has 0 spiro atoms. The van der Waals surface area contributed by atoms with E-state index in [-0.39, 0.29) is 5.91 Å². The molecule has 0 aliphatic heterocycles. The molecule has 3 N–H and O–H groups in total. The van der Waals surface area contributed by atoms with E-state index in [1.807, 2.05) is 6.07 Å². The zero-order valence-corrected chi connectivity index (χ0v) is 16.9. The second-order valence-corrected chi connectivity index (χ2v) is 7.89. The minimum Gasteiger partial charge on any atom is -0.335 e. The van der Waals surface area contributed by atoms with Gasteiger partial charge in [-0.25, -0.2) is 4.68 Å². The van der Waals surface area contributed by atoms with Gasteiger partial charge in [0.05, 0.1) is 21.9 Å². The number of aromatic nitrogens is 3. The number of anilines is 1. The molecule has 7 nitrogen and oxygen atoms in total. The quantitative estimate of drug-likeness (QED) is 0.466. The number of nitrogen functional groups attached to an aromatic ring is 1. The SMILES string of the molecule is CC(Sc1nnc(-c2ccc(Cl)cc2Cl)n1N)C(=O)Nc1ccc(C#N)cc1. The molecule has 0 fully saturated rings. The van der Waals surface area contributed by atoms with Crippen molar-refractivity contribution in [1.29, 1.82) is 5.26 Å². The molecule has 0 aliphatic carbocycles. The summed E-state index contributed by atoms with van der Waals surface area (Å²) < 4.78 is 1.28. The molecule has 1 amide bonds. The van der Waals surface area contributed by atoms with Crippen LogP contribution in [0.2, 0.25) is 10.0 Å². The van der Waals surface area contributed by atoms with Crippen molar-refractivity contribution in [1.82, 2.24) is 14.9 Å². The summed E-state index contributed by atoms with van der Waals surface area (Å²) in [5, 5.41) is 20.5. The van der Waals surface area contributed by atoms with Crippen LogP contribution in [0.1, 0.15) is 12.5 Å². The van der Waals surface area contributed by atoms with E-state index in [0.717, 1.165) is 11.8 Å². The van der Waals surface area contributed by atoms with Crippen LogP contribution >= 0.6 is 35.0 Å². The van der Waals surface area contributed by atoms with Crippen molar-refractivity contribution in [3.63, 3.8) is 0 Å². The van der Waals surface area contributed by atoms with Gasteiger partial charge in [0.25, 0.3) is 0 Å². The summed E-state index contributed by atoms with van der Waals surface area (Å²) in [6.07, 6.45) is 0. The van der Waals surface area contributed by atoms with Gasteiger partial charge in [-0.2, -0.15) is 5.26 Å². The van der Waals surface area contributed by atoms with Crippen LogP contribution in [0.5, 0.6) is 0 Å². The van der Waals surface area contributed by atoms with E-state index >= 15 is 0 Å². The number of hydrogen-bond donors (Lipinski definition) is 2. The van der Waals surface area contributed by atoms with Gasteiger partial charge >= 0.3 is 0 Å². The van der Waals surface area contributed by atoms with E-state index in [2.05, 4.69) is 15.5 Å². The van der Waals surface area contributed by atoms with Crippen LogP contribution in [-0.4, -0.2) is 26.0 Å². The van der Waals surface area contributed by atoms with E-state index in [1.54, 1.807) is 49.4 Å². The average Bonchev–Trinajstić information content (AvgIpc) is 3.02. The van der Waals surface area contributed by atoms with Gasteiger partial charge in [0, 0.05) is 16.3 Å². The van der Waals surface area contributed by atoms with Crippen molar-refractivity contribution in [2.24, 2.45) is 0 Å². The van der Waals surface area contributed by atoms with E-state index in [4.69, 9.17) is 34.3 Å². The third-order valence-corrected chi connectivity index (χ3v) is 5.37. The van der Waals surface area contributed by atoms with Crippen LogP contribution < -0.4 is 11.2 Å². The maximum absolute atomic E-state index is 12.4. The third-order valence-electron chi connectivity index (χ3n) is 3.77.